The lowest BCUT2D eigenvalue weighted by Crippen LogP contribution is -2.03. The highest BCUT2D eigenvalue weighted by molar-refractivity contribution is 5.61. The van der Waals surface area contributed by atoms with Gasteiger partial charge in [0.05, 0.1) is 11.5 Å². The summed E-state index contributed by atoms with van der Waals surface area (Å²) in [7, 11) is 1.54. The molecule has 0 saturated carbocycles. The van der Waals surface area contributed by atoms with Crippen molar-refractivity contribution < 1.29 is 14.4 Å². The molecule has 0 amide bonds. The van der Waals surface area contributed by atoms with Gasteiger partial charge in [0.1, 0.15) is 17.8 Å². The third-order valence-electron chi connectivity index (χ3n) is 2.56. The zero-order valence-corrected chi connectivity index (χ0v) is 11.6. The zero-order valence-electron chi connectivity index (χ0n) is 11.6. The van der Waals surface area contributed by atoms with E-state index >= 15 is 0 Å². The normalized spacial score (nSPS) is 10.0. The van der Waals surface area contributed by atoms with Crippen molar-refractivity contribution in [2.45, 2.75) is 6.92 Å². The zero-order chi connectivity index (χ0) is 15.2. The Labute approximate surface area is 120 Å². The third-order valence-corrected chi connectivity index (χ3v) is 2.56. The molecule has 1 N–H and O–H groups in total. The van der Waals surface area contributed by atoms with Gasteiger partial charge in [-0.3, -0.25) is 10.1 Å². The van der Waals surface area contributed by atoms with E-state index in [2.05, 4.69) is 15.3 Å². The number of rotatable bonds is 6. The van der Waals surface area contributed by atoms with Crippen LogP contribution in [0.5, 0.6) is 17.4 Å². The number of anilines is 1. The standard InChI is InChI=1S/C13H14N4O4/c1-3-20-9-4-6-10(7-5-9)21-13-11(17(18)19)12(14-2)15-8-16-13/h4-8H,3H2,1-2H3,(H,14,15,16). The monoisotopic (exact) mass is 290 g/mol. The van der Waals surface area contributed by atoms with Gasteiger partial charge in [0.2, 0.25) is 5.82 Å². The van der Waals surface area contributed by atoms with Crippen LogP contribution < -0.4 is 14.8 Å². The van der Waals surface area contributed by atoms with Crippen molar-refractivity contribution in [2.24, 2.45) is 0 Å². The number of nitro groups is 1. The van der Waals surface area contributed by atoms with Gasteiger partial charge in [0.15, 0.2) is 0 Å². The molecular formula is C13H14N4O4. The Balaban J connectivity index is 2.28. The maximum Gasteiger partial charge on any atom is 0.373 e. The molecule has 0 atom stereocenters. The summed E-state index contributed by atoms with van der Waals surface area (Å²) in [5.41, 5.74) is -0.311. The van der Waals surface area contributed by atoms with Crippen LogP contribution in [0.4, 0.5) is 11.5 Å². The molecule has 0 fully saturated rings. The Kier molecular flexibility index (Phi) is 4.50. The Bertz CT molecular complexity index is 631. The smallest absolute Gasteiger partial charge is 0.373 e. The highest BCUT2D eigenvalue weighted by atomic mass is 16.6. The maximum atomic E-state index is 11.1. The average molecular weight is 290 g/mol. The van der Waals surface area contributed by atoms with Gasteiger partial charge in [-0.1, -0.05) is 0 Å². The molecule has 0 aliphatic carbocycles. The molecule has 110 valence electrons. The fraction of sp³-hybridized carbons (Fsp3) is 0.231. The summed E-state index contributed by atoms with van der Waals surface area (Å²) >= 11 is 0. The molecule has 8 nitrogen and oxygen atoms in total. The molecule has 0 saturated heterocycles. The van der Waals surface area contributed by atoms with Crippen LogP contribution >= 0.6 is 0 Å². The minimum Gasteiger partial charge on any atom is -0.494 e. The van der Waals surface area contributed by atoms with Gasteiger partial charge in [0, 0.05) is 7.05 Å². The quantitative estimate of drug-likeness (QED) is 0.644. The molecule has 8 heteroatoms. The van der Waals surface area contributed by atoms with Gasteiger partial charge in [-0.15, -0.1) is 0 Å². The topological polar surface area (TPSA) is 99.4 Å². The number of nitrogens with one attached hydrogen (secondary N) is 1. The van der Waals surface area contributed by atoms with Gasteiger partial charge in [-0.2, -0.15) is 4.98 Å². The summed E-state index contributed by atoms with van der Waals surface area (Å²) in [6, 6.07) is 6.72. The lowest BCUT2D eigenvalue weighted by Gasteiger charge is -2.08. The Morgan fingerprint density at radius 2 is 1.90 bits per heavy atom. The SMILES string of the molecule is CCOc1ccc(Oc2ncnc(NC)c2[N+](=O)[O-])cc1. The summed E-state index contributed by atoms with van der Waals surface area (Å²) in [6.45, 7) is 2.44. The summed E-state index contributed by atoms with van der Waals surface area (Å²) < 4.78 is 10.8. The summed E-state index contributed by atoms with van der Waals surface area (Å²) in [6.07, 6.45) is 1.20. The van der Waals surface area contributed by atoms with Crippen molar-refractivity contribution in [1.82, 2.24) is 9.97 Å². The van der Waals surface area contributed by atoms with Gasteiger partial charge < -0.3 is 14.8 Å². The van der Waals surface area contributed by atoms with Crippen molar-refractivity contribution >= 4 is 11.5 Å². The lowest BCUT2D eigenvalue weighted by molar-refractivity contribution is -0.385. The number of nitrogens with zero attached hydrogens (tertiary/aromatic N) is 3. The van der Waals surface area contributed by atoms with E-state index in [4.69, 9.17) is 9.47 Å². The fourth-order valence-electron chi connectivity index (χ4n) is 1.67. The van der Waals surface area contributed by atoms with Crippen LogP contribution in [-0.2, 0) is 0 Å². The van der Waals surface area contributed by atoms with Crippen molar-refractivity contribution in [2.75, 3.05) is 19.0 Å². The summed E-state index contributed by atoms with van der Waals surface area (Å²) in [5, 5.41) is 13.8. The number of ether oxygens (including phenoxy) is 2. The highest BCUT2D eigenvalue weighted by Gasteiger charge is 2.24. The van der Waals surface area contributed by atoms with Crippen LogP contribution in [0.25, 0.3) is 0 Å². The molecule has 0 spiro atoms. The molecule has 1 aromatic heterocycles. The molecule has 0 aliphatic heterocycles. The van der Waals surface area contributed by atoms with Crippen LogP contribution in [0.1, 0.15) is 6.92 Å². The first kappa shape index (κ1) is 14.5. The first-order chi connectivity index (χ1) is 10.2. The lowest BCUT2D eigenvalue weighted by atomic mass is 10.3. The van der Waals surface area contributed by atoms with E-state index in [0.29, 0.717) is 18.1 Å². The molecule has 0 aliphatic rings. The molecule has 0 radical (unpaired) electrons. The van der Waals surface area contributed by atoms with Crippen LogP contribution in [-0.4, -0.2) is 28.5 Å². The number of hydrogen-bond acceptors (Lipinski definition) is 7. The second kappa shape index (κ2) is 6.51. The van der Waals surface area contributed by atoms with E-state index in [9.17, 15) is 10.1 Å². The second-order valence-corrected chi connectivity index (χ2v) is 3.89. The molecule has 21 heavy (non-hydrogen) atoms. The molecular weight excluding hydrogens is 276 g/mol. The predicted molar refractivity (Wildman–Crippen MR) is 75.9 cm³/mol. The van der Waals surface area contributed by atoms with Crippen molar-refractivity contribution in [3.05, 3.63) is 40.7 Å². The van der Waals surface area contributed by atoms with E-state index in [1.165, 1.54) is 13.4 Å². The van der Waals surface area contributed by atoms with E-state index in [1.54, 1.807) is 24.3 Å². The van der Waals surface area contributed by atoms with Gasteiger partial charge in [0.25, 0.3) is 0 Å². The van der Waals surface area contributed by atoms with Crippen LogP contribution in [0.3, 0.4) is 0 Å². The average Bonchev–Trinajstić information content (AvgIpc) is 2.49. The minimum atomic E-state index is -0.588. The number of aromatic nitrogens is 2. The Morgan fingerprint density at radius 1 is 1.24 bits per heavy atom. The minimum absolute atomic E-state index is 0.0935. The van der Waals surface area contributed by atoms with Crippen molar-refractivity contribution in [3.63, 3.8) is 0 Å². The van der Waals surface area contributed by atoms with E-state index in [1.807, 2.05) is 6.92 Å². The Hall–Kier alpha value is -2.90. The van der Waals surface area contributed by atoms with Gasteiger partial charge >= 0.3 is 11.6 Å². The first-order valence-corrected chi connectivity index (χ1v) is 6.23. The first-order valence-electron chi connectivity index (χ1n) is 6.23. The van der Waals surface area contributed by atoms with Gasteiger partial charge in [-0.05, 0) is 31.2 Å². The van der Waals surface area contributed by atoms with Crippen LogP contribution in [0, 0.1) is 10.1 Å². The summed E-state index contributed by atoms with van der Waals surface area (Å²) in [4.78, 5) is 18.1. The fourth-order valence-corrected chi connectivity index (χ4v) is 1.67. The second-order valence-electron chi connectivity index (χ2n) is 3.89. The number of benzene rings is 1. The van der Waals surface area contributed by atoms with E-state index in [0.717, 1.165) is 0 Å². The molecule has 2 rings (SSSR count). The maximum absolute atomic E-state index is 11.1. The third kappa shape index (κ3) is 3.35. The van der Waals surface area contributed by atoms with Crippen molar-refractivity contribution in [3.8, 4) is 17.4 Å². The Morgan fingerprint density at radius 3 is 2.48 bits per heavy atom. The highest BCUT2D eigenvalue weighted by Crippen LogP contribution is 2.34. The van der Waals surface area contributed by atoms with Gasteiger partial charge in [-0.25, -0.2) is 4.98 Å². The molecule has 2 aromatic rings. The van der Waals surface area contributed by atoms with Crippen molar-refractivity contribution in [1.29, 1.82) is 0 Å². The van der Waals surface area contributed by atoms with Crippen LogP contribution in [0.2, 0.25) is 0 Å². The van der Waals surface area contributed by atoms with Crippen LogP contribution in [0.15, 0.2) is 30.6 Å². The molecule has 0 bridgehead atoms. The molecule has 1 aromatic carbocycles. The summed E-state index contributed by atoms with van der Waals surface area (Å²) in [5.74, 6) is 1.08. The molecule has 0 unspecified atom stereocenters. The number of hydrogen-bond donors (Lipinski definition) is 1. The molecule has 1 heterocycles. The predicted octanol–water partition coefficient (Wildman–Crippen LogP) is 2.62. The van der Waals surface area contributed by atoms with E-state index in [-0.39, 0.29) is 17.4 Å². The largest absolute Gasteiger partial charge is 0.494 e. The van der Waals surface area contributed by atoms with E-state index < -0.39 is 4.92 Å².